The topological polar surface area (TPSA) is 54.5 Å². The number of nitrogens with one attached hydrogen (secondary N) is 1. The number of anilines is 1. The van der Waals surface area contributed by atoms with Gasteiger partial charge in [-0.3, -0.25) is 4.90 Å². The van der Waals surface area contributed by atoms with E-state index < -0.39 is 5.60 Å². The molecular formula is C19H27N3O2. The van der Waals surface area contributed by atoms with Crippen LogP contribution in [0.5, 0.6) is 0 Å². The maximum absolute atomic E-state index is 12.5. The molecule has 130 valence electrons. The van der Waals surface area contributed by atoms with Crippen LogP contribution in [0.15, 0.2) is 18.3 Å². The van der Waals surface area contributed by atoms with E-state index in [1.54, 1.807) is 0 Å². The third kappa shape index (κ3) is 3.25. The highest BCUT2D eigenvalue weighted by atomic mass is 16.6. The molecule has 0 fully saturated rings. The van der Waals surface area contributed by atoms with Crippen LogP contribution in [0.1, 0.15) is 52.2 Å². The van der Waals surface area contributed by atoms with Crippen LogP contribution in [-0.2, 0) is 11.2 Å². The van der Waals surface area contributed by atoms with Crippen molar-refractivity contribution in [1.29, 1.82) is 0 Å². The van der Waals surface area contributed by atoms with Crippen LogP contribution in [0.4, 0.5) is 10.6 Å². The number of carbonyl (C=O) groups excluding carboxylic acids is 1. The number of ether oxygens (including phenoxy) is 1. The summed E-state index contributed by atoms with van der Waals surface area (Å²) in [5.74, 6) is 1.00. The van der Waals surface area contributed by atoms with Crippen LogP contribution >= 0.6 is 0 Å². The fourth-order valence-corrected chi connectivity index (χ4v) is 3.46. The Hall–Kier alpha value is -2.04. The Morgan fingerprint density at radius 3 is 2.75 bits per heavy atom. The molecule has 1 aromatic rings. The lowest BCUT2D eigenvalue weighted by molar-refractivity contribution is 0.00994. The second-order valence-electron chi connectivity index (χ2n) is 8.07. The van der Waals surface area contributed by atoms with Gasteiger partial charge in [0.2, 0.25) is 0 Å². The molecule has 0 saturated carbocycles. The fraction of sp³-hybridized carbons (Fsp3) is 0.579. The van der Waals surface area contributed by atoms with Crippen LogP contribution < -0.4 is 5.32 Å². The third-order valence-electron chi connectivity index (χ3n) is 4.51. The fourth-order valence-electron chi connectivity index (χ4n) is 3.46. The Morgan fingerprint density at radius 2 is 2.08 bits per heavy atom. The van der Waals surface area contributed by atoms with Crippen molar-refractivity contribution in [2.24, 2.45) is 0 Å². The molecule has 24 heavy (non-hydrogen) atoms. The van der Waals surface area contributed by atoms with E-state index in [-0.39, 0.29) is 11.6 Å². The molecule has 0 bridgehead atoms. The minimum absolute atomic E-state index is 0.246. The number of carbonyl (C=O) groups is 1. The van der Waals surface area contributed by atoms with Crippen molar-refractivity contribution >= 4 is 17.5 Å². The summed E-state index contributed by atoms with van der Waals surface area (Å²) in [6, 6.07) is 2.09. The highest BCUT2D eigenvalue weighted by molar-refractivity contribution is 5.77. The van der Waals surface area contributed by atoms with Crippen molar-refractivity contribution in [3.63, 3.8) is 0 Å². The standard InChI is InChI=1S/C19H27N3O2/c1-18(2,3)24-17(23)22-11-8-13(12-19(22,4)5)14-6-9-20-16-15(14)7-10-21-16/h6,9,12H,7-8,10-11H2,1-5H3,(H,20,21). The Labute approximate surface area is 144 Å². The zero-order chi connectivity index (χ0) is 17.5. The highest BCUT2D eigenvalue weighted by Crippen LogP contribution is 2.36. The van der Waals surface area contributed by atoms with Crippen LogP contribution in [0, 0.1) is 0 Å². The lowest BCUT2D eigenvalue weighted by Gasteiger charge is -2.41. The molecule has 0 saturated heterocycles. The molecule has 5 heteroatoms. The zero-order valence-corrected chi connectivity index (χ0v) is 15.3. The largest absolute Gasteiger partial charge is 0.444 e. The summed E-state index contributed by atoms with van der Waals surface area (Å²) in [5, 5.41) is 3.33. The lowest BCUT2D eigenvalue weighted by Crippen LogP contribution is -2.50. The molecule has 0 aromatic carbocycles. The van der Waals surface area contributed by atoms with Crippen molar-refractivity contribution < 1.29 is 9.53 Å². The van der Waals surface area contributed by atoms with E-state index in [2.05, 4.69) is 36.3 Å². The summed E-state index contributed by atoms with van der Waals surface area (Å²) < 4.78 is 5.57. The number of pyridine rings is 1. The predicted molar refractivity (Wildman–Crippen MR) is 96.0 cm³/mol. The van der Waals surface area contributed by atoms with E-state index in [0.717, 1.165) is 25.2 Å². The Balaban J connectivity index is 1.87. The van der Waals surface area contributed by atoms with Gasteiger partial charge in [-0.25, -0.2) is 9.78 Å². The van der Waals surface area contributed by atoms with Crippen molar-refractivity contribution in [3.05, 3.63) is 29.5 Å². The van der Waals surface area contributed by atoms with Gasteiger partial charge in [0.1, 0.15) is 11.4 Å². The highest BCUT2D eigenvalue weighted by Gasteiger charge is 2.36. The number of nitrogens with zero attached hydrogens (tertiary/aromatic N) is 2. The van der Waals surface area contributed by atoms with Crippen molar-refractivity contribution in [2.75, 3.05) is 18.4 Å². The molecule has 2 aliphatic heterocycles. The van der Waals surface area contributed by atoms with Crippen LogP contribution in [0.2, 0.25) is 0 Å². The molecule has 1 aromatic heterocycles. The van der Waals surface area contributed by atoms with E-state index in [4.69, 9.17) is 4.74 Å². The SMILES string of the molecule is CC(C)(C)OC(=O)N1CCC(c2ccnc3c2CCN3)=CC1(C)C. The molecule has 0 aliphatic carbocycles. The second-order valence-corrected chi connectivity index (χ2v) is 8.07. The first-order chi connectivity index (χ1) is 11.2. The third-order valence-corrected chi connectivity index (χ3v) is 4.51. The summed E-state index contributed by atoms with van der Waals surface area (Å²) >= 11 is 0. The number of fused-ring (bicyclic) bond motifs is 1. The molecular weight excluding hydrogens is 302 g/mol. The van der Waals surface area contributed by atoms with Crippen molar-refractivity contribution in [1.82, 2.24) is 9.88 Å². The van der Waals surface area contributed by atoms with E-state index in [9.17, 15) is 4.79 Å². The summed E-state index contributed by atoms with van der Waals surface area (Å²) in [7, 11) is 0. The number of hydrogen-bond acceptors (Lipinski definition) is 4. The molecule has 1 amide bonds. The number of amides is 1. The van der Waals surface area contributed by atoms with Crippen molar-refractivity contribution in [3.8, 4) is 0 Å². The van der Waals surface area contributed by atoms with Gasteiger partial charge in [0, 0.05) is 24.8 Å². The first-order valence-corrected chi connectivity index (χ1v) is 8.62. The molecule has 0 radical (unpaired) electrons. The van der Waals surface area contributed by atoms with Crippen LogP contribution in [0.25, 0.3) is 5.57 Å². The van der Waals surface area contributed by atoms with Crippen LogP contribution in [-0.4, -0.2) is 40.2 Å². The monoisotopic (exact) mass is 329 g/mol. The Kier molecular flexibility index (Phi) is 4.06. The molecule has 3 heterocycles. The average molecular weight is 329 g/mol. The predicted octanol–water partition coefficient (Wildman–Crippen LogP) is 3.85. The number of rotatable bonds is 1. The first kappa shape index (κ1) is 16.8. The summed E-state index contributed by atoms with van der Waals surface area (Å²) in [5.41, 5.74) is 3.00. The maximum atomic E-state index is 12.5. The Morgan fingerprint density at radius 1 is 1.33 bits per heavy atom. The average Bonchev–Trinajstić information content (AvgIpc) is 2.92. The molecule has 3 rings (SSSR count). The minimum atomic E-state index is -0.477. The lowest BCUT2D eigenvalue weighted by atomic mass is 9.87. The number of hydrogen-bond donors (Lipinski definition) is 1. The molecule has 5 nitrogen and oxygen atoms in total. The van der Waals surface area contributed by atoms with Crippen LogP contribution in [0.3, 0.4) is 0 Å². The summed E-state index contributed by atoms with van der Waals surface area (Å²) in [6.07, 6.45) is 5.66. The normalized spacial score (nSPS) is 19.4. The maximum Gasteiger partial charge on any atom is 0.410 e. The Bertz CT molecular complexity index is 686. The second kappa shape index (κ2) is 5.80. The van der Waals surface area contributed by atoms with Gasteiger partial charge >= 0.3 is 6.09 Å². The summed E-state index contributed by atoms with van der Waals surface area (Å²) in [4.78, 5) is 18.7. The molecule has 2 aliphatic rings. The van der Waals surface area contributed by atoms with Gasteiger partial charge in [-0.1, -0.05) is 6.08 Å². The van der Waals surface area contributed by atoms with Gasteiger partial charge in [0.25, 0.3) is 0 Å². The smallest absolute Gasteiger partial charge is 0.410 e. The number of aromatic nitrogens is 1. The molecule has 0 unspecified atom stereocenters. The van der Waals surface area contributed by atoms with E-state index in [1.165, 1.54) is 16.7 Å². The first-order valence-electron chi connectivity index (χ1n) is 8.62. The molecule has 0 spiro atoms. The molecule has 0 atom stereocenters. The van der Waals surface area contributed by atoms with Gasteiger partial charge in [0.15, 0.2) is 0 Å². The van der Waals surface area contributed by atoms with E-state index in [0.29, 0.717) is 6.54 Å². The zero-order valence-electron chi connectivity index (χ0n) is 15.3. The van der Waals surface area contributed by atoms with Gasteiger partial charge in [-0.05, 0) is 64.7 Å². The van der Waals surface area contributed by atoms with Gasteiger partial charge < -0.3 is 10.1 Å². The minimum Gasteiger partial charge on any atom is -0.444 e. The van der Waals surface area contributed by atoms with Gasteiger partial charge in [-0.15, -0.1) is 0 Å². The van der Waals surface area contributed by atoms with Gasteiger partial charge in [0.05, 0.1) is 5.54 Å². The molecule has 1 N–H and O–H groups in total. The van der Waals surface area contributed by atoms with E-state index >= 15 is 0 Å². The van der Waals surface area contributed by atoms with E-state index in [1.807, 2.05) is 31.9 Å². The summed E-state index contributed by atoms with van der Waals surface area (Å²) in [6.45, 7) is 11.4. The van der Waals surface area contributed by atoms with Gasteiger partial charge in [-0.2, -0.15) is 0 Å². The quantitative estimate of drug-likeness (QED) is 0.850. The van der Waals surface area contributed by atoms with Crippen molar-refractivity contribution in [2.45, 2.75) is 58.6 Å².